The number of methoxy groups -OCH3 is 4. The summed E-state index contributed by atoms with van der Waals surface area (Å²) in [6, 6.07) is 0. The third-order valence-electron chi connectivity index (χ3n) is 4.68. The number of ether oxygens (including phenoxy) is 4. The molecule has 2 rings (SSSR count). The number of rotatable bonds is 4. The van der Waals surface area contributed by atoms with Crippen LogP contribution in [0.3, 0.4) is 0 Å². The molecule has 0 bridgehead atoms. The first kappa shape index (κ1) is 18.7. The lowest BCUT2D eigenvalue weighted by atomic mass is 9.82. The van der Waals surface area contributed by atoms with Crippen molar-refractivity contribution in [3.05, 3.63) is 22.8 Å². The zero-order chi connectivity index (χ0) is 18.8. The Kier molecular flexibility index (Phi) is 5.30. The quantitative estimate of drug-likeness (QED) is 0.414. The van der Waals surface area contributed by atoms with E-state index in [4.69, 9.17) is 18.9 Å². The summed E-state index contributed by atoms with van der Waals surface area (Å²) in [7, 11) is 4.82. The molecule has 0 N–H and O–H groups in total. The molecule has 0 amide bonds. The average Bonchev–Trinajstić information content (AvgIpc) is 3.03. The highest BCUT2D eigenvalue weighted by atomic mass is 16.5. The number of allylic oxidation sites excluding steroid dienone is 3. The molecule has 136 valence electrons. The van der Waals surface area contributed by atoms with Gasteiger partial charge in [-0.2, -0.15) is 0 Å². The highest BCUT2D eigenvalue weighted by molar-refractivity contribution is 6.02. The fraction of sp³-hybridized carbons (Fsp3) is 0.529. The number of carbonyl (C=O) groups excluding carboxylic acids is 4. The van der Waals surface area contributed by atoms with Crippen molar-refractivity contribution in [2.75, 3.05) is 28.4 Å². The Balaban J connectivity index is 2.44. The van der Waals surface area contributed by atoms with Gasteiger partial charge in [-0.15, -0.1) is 0 Å². The van der Waals surface area contributed by atoms with Crippen LogP contribution in [-0.2, 0) is 38.1 Å². The van der Waals surface area contributed by atoms with Crippen LogP contribution in [0.25, 0.3) is 0 Å². The summed E-state index contributed by atoms with van der Waals surface area (Å²) in [5, 5.41) is 0. The molecule has 0 aromatic heterocycles. The van der Waals surface area contributed by atoms with Gasteiger partial charge in [0, 0.05) is 0 Å². The fourth-order valence-electron chi connectivity index (χ4n) is 3.43. The summed E-state index contributed by atoms with van der Waals surface area (Å²) >= 11 is 0. The van der Waals surface area contributed by atoms with E-state index in [0.29, 0.717) is 5.57 Å². The lowest BCUT2D eigenvalue weighted by Gasteiger charge is -2.23. The Labute approximate surface area is 144 Å². The minimum atomic E-state index is -1.50. The maximum Gasteiger partial charge on any atom is 0.334 e. The van der Waals surface area contributed by atoms with Crippen LogP contribution in [0.2, 0.25) is 0 Å². The van der Waals surface area contributed by atoms with Crippen LogP contribution in [0.4, 0.5) is 0 Å². The number of esters is 4. The van der Waals surface area contributed by atoms with E-state index in [1.807, 2.05) is 0 Å². The van der Waals surface area contributed by atoms with Gasteiger partial charge in [-0.05, 0) is 30.9 Å². The lowest BCUT2D eigenvalue weighted by Crippen LogP contribution is -2.39. The molecule has 0 heterocycles. The number of carbonyl (C=O) groups is 4. The van der Waals surface area contributed by atoms with E-state index in [1.54, 1.807) is 0 Å². The Bertz CT molecular complexity index is 669. The van der Waals surface area contributed by atoms with E-state index in [1.165, 1.54) is 34.5 Å². The van der Waals surface area contributed by atoms with Gasteiger partial charge in [0.2, 0.25) is 0 Å². The number of hydrogen-bond donors (Lipinski definition) is 0. The van der Waals surface area contributed by atoms with Gasteiger partial charge in [0.05, 0.1) is 39.9 Å². The van der Waals surface area contributed by atoms with Crippen molar-refractivity contribution in [1.82, 2.24) is 0 Å². The molecule has 0 fully saturated rings. The molecule has 2 aliphatic rings. The molecular formula is C17H20O8. The fourth-order valence-corrected chi connectivity index (χ4v) is 3.43. The van der Waals surface area contributed by atoms with Crippen molar-refractivity contribution in [2.45, 2.75) is 19.3 Å². The van der Waals surface area contributed by atoms with Crippen LogP contribution in [0.1, 0.15) is 19.3 Å². The van der Waals surface area contributed by atoms with Gasteiger partial charge in [-0.3, -0.25) is 14.4 Å². The molecular weight excluding hydrogens is 332 g/mol. The Morgan fingerprint density at radius 1 is 0.920 bits per heavy atom. The average molecular weight is 352 g/mol. The van der Waals surface area contributed by atoms with E-state index in [0.717, 1.165) is 5.57 Å². The summed E-state index contributed by atoms with van der Waals surface area (Å²) in [5.41, 5.74) is -0.00878. The SMILES string of the molecule is COC(=O)C1=CC2=C(CC1C(=O)OC)CC(C(=O)OC)(C(=O)OC)C2. The van der Waals surface area contributed by atoms with Crippen molar-refractivity contribution < 1.29 is 38.1 Å². The van der Waals surface area contributed by atoms with Crippen molar-refractivity contribution in [3.8, 4) is 0 Å². The molecule has 0 radical (unpaired) electrons. The van der Waals surface area contributed by atoms with Gasteiger partial charge in [0.25, 0.3) is 0 Å². The Morgan fingerprint density at radius 2 is 1.52 bits per heavy atom. The standard InChI is InChI=1S/C17H20O8/c1-22-13(18)11-5-9-7-17(15(20)24-3,16(21)25-4)8-10(9)6-12(11)14(19)23-2/h5,12H,6-8H2,1-4H3. The third-order valence-corrected chi connectivity index (χ3v) is 4.68. The van der Waals surface area contributed by atoms with Crippen molar-refractivity contribution >= 4 is 23.9 Å². The topological polar surface area (TPSA) is 105 Å². The van der Waals surface area contributed by atoms with Crippen LogP contribution >= 0.6 is 0 Å². The van der Waals surface area contributed by atoms with Crippen molar-refractivity contribution in [3.63, 3.8) is 0 Å². The molecule has 0 spiro atoms. The molecule has 0 aromatic carbocycles. The Morgan fingerprint density at radius 3 is 2.00 bits per heavy atom. The predicted octanol–water partition coefficient (Wildman–Crippen LogP) is 0.701. The van der Waals surface area contributed by atoms with Crippen LogP contribution in [0.15, 0.2) is 22.8 Å². The van der Waals surface area contributed by atoms with Gasteiger partial charge in [-0.1, -0.05) is 5.57 Å². The van der Waals surface area contributed by atoms with E-state index >= 15 is 0 Å². The van der Waals surface area contributed by atoms with Crippen LogP contribution < -0.4 is 0 Å². The monoisotopic (exact) mass is 352 g/mol. The molecule has 0 saturated heterocycles. The lowest BCUT2D eigenvalue weighted by molar-refractivity contribution is -0.168. The number of hydrogen-bond acceptors (Lipinski definition) is 8. The summed E-state index contributed by atoms with van der Waals surface area (Å²) < 4.78 is 19.1. The Hall–Kier alpha value is -2.64. The minimum absolute atomic E-state index is 0.0378. The second-order valence-corrected chi connectivity index (χ2v) is 5.92. The van der Waals surface area contributed by atoms with E-state index in [2.05, 4.69) is 0 Å². The van der Waals surface area contributed by atoms with Gasteiger partial charge in [-0.25, -0.2) is 4.79 Å². The van der Waals surface area contributed by atoms with Gasteiger partial charge >= 0.3 is 23.9 Å². The van der Waals surface area contributed by atoms with Crippen LogP contribution in [-0.4, -0.2) is 52.3 Å². The van der Waals surface area contributed by atoms with Crippen LogP contribution in [0, 0.1) is 11.3 Å². The zero-order valence-electron chi connectivity index (χ0n) is 14.5. The van der Waals surface area contributed by atoms with Crippen LogP contribution in [0.5, 0.6) is 0 Å². The maximum atomic E-state index is 12.3. The summed E-state index contributed by atoms with van der Waals surface area (Å²) in [4.78, 5) is 48.6. The maximum absolute atomic E-state index is 12.3. The molecule has 0 aliphatic heterocycles. The smallest absolute Gasteiger partial charge is 0.334 e. The van der Waals surface area contributed by atoms with E-state index < -0.39 is 35.2 Å². The molecule has 1 unspecified atom stereocenters. The van der Waals surface area contributed by atoms with Gasteiger partial charge in [0.15, 0.2) is 5.41 Å². The molecule has 2 aliphatic carbocycles. The first-order valence-electron chi connectivity index (χ1n) is 7.60. The summed E-state index contributed by atoms with van der Waals surface area (Å²) in [6.07, 6.45) is 1.77. The van der Waals surface area contributed by atoms with Gasteiger partial charge in [0.1, 0.15) is 0 Å². The van der Waals surface area contributed by atoms with E-state index in [-0.39, 0.29) is 24.8 Å². The van der Waals surface area contributed by atoms with Crippen molar-refractivity contribution in [1.29, 1.82) is 0 Å². The minimum Gasteiger partial charge on any atom is -0.469 e. The second kappa shape index (κ2) is 7.08. The summed E-state index contributed by atoms with van der Waals surface area (Å²) in [5.74, 6) is -3.51. The predicted molar refractivity (Wildman–Crippen MR) is 82.9 cm³/mol. The van der Waals surface area contributed by atoms with Gasteiger partial charge < -0.3 is 18.9 Å². The largest absolute Gasteiger partial charge is 0.469 e. The first-order valence-corrected chi connectivity index (χ1v) is 7.60. The zero-order valence-corrected chi connectivity index (χ0v) is 14.5. The normalized spacial score (nSPS) is 21.0. The van der Waals surface area contributed by atoms with Crippen molar-refractivity contribution in [2.24, 2.45) is 11.3 Å². The molecule has 0 saturated carbocycles. The molecule has 8 heteroatoms. The molecule has 1 atom stereocenters. The molecule has 0 aromatic rings. The molecule has 8 nitrogen and oxygen atoms in total. The van der Waals surface area contributed by atoms with E-state index in [9.17, 15) is 19.2 Å². The first-order chi connectivity index (χ1) is 11.8. The molecule has 25 heavy (non-hydrogen) atoms. The highest BCUT2D eigenvalue weighted by Gasteiger charge is 2.54. The second-order valence-electron chi connectivity index (χ2n) is 5.92. The highest BCUT2D eigenvalue weighted by Crippen LogP contribution is 2.49. The third kappa shape index (κ3) is 3.04. The summed E-state index contributed by atoms with van der Waals surface area (Å²) in [6.45, 7) is 0.